The summed E-state index contributed by atoms with van der Waals surface area (Å²) in [5.74, 6) is 1.31. The number of ether oxygens (including phenoxy) is 2. The number of methoxy groups -OCH3 is 1. The van der Waals surface area contributed by atoms with E-state index in [0.29, 0.717) is 24.0 Å². The van der Waals surface area contributed by atoms with Gasteiger partial charge in [-0.05, 0) is 31.6 Å². The van der Waals surface area contributed by atoms with E-state index in [0.717, 1.165) is 26.2 Å². The van der Waals surface area contributed by atoms with Crippen LogP contribution < -0.4 is 5.32 Å². The lowest BCUT2D eigenvalue weighted by Gasteiger charge is -2.24. The summed E-state index contributed by atoms with van der Waals surface area (Å²) in [5, 5.41) is 3.58. The Bertz CT molecular complexity index is 185. The van der Waals surface area contributed by atoms with Gasteiger partial charge in [-0.25, -0.2) is 0 Å². The first-order chi connectivity index (χ1) is 7.65. The molecule has 1 aliphatic rings. The SMILES string of the molecule is COCCC(C)NC[C@H]1CCO[C@@H]1C(C)C. The molecule has 0 spiro atoms. The van der Waals surface area contributed by atoms with Crippen LogP contribution in [-0.4, -0.2) is 39.0 Å². The number of rotatable bonds is 7. The molecule has 1 heterocycles. The second kappa shape index (κ2) is 7.25. The van der Waals surface area contributed by atoms with Crippen molar-refractivity contribution in [1.82, 2.24) is 5.32 Å². The topological polar surface area (TPSA) is 30.5 Å². The fourth-order valence-electron chi connectivity index (χ4n) is 2.36. The average molecular weight is 229 g/mol. The van der Waals surface area contributed by atoms with E-state index < -0.39 is 0 Å². The molecule has 0 bridgehead atoms. The van der Waals surface area contributed by atoms with Gasteiger partial charge in [0.05, 0.1) is 6.10 Å². The third-order valence-electron chi connectivity index (χ3n) is 3.40. The van der Waals surface area contributed by atoms with E-state index in [-0.39, 0.29) is 0 Å². The molecule has 0 radical (unpaired) electrons. The molecule has 0 amide bonds. The Morgan fingerprint density at radius 1 is 1.38 bits per heavy atom. The van der Waals surface area contributed by atoms with E-state index in [4.69, 9.17) is 9.47 Å². The summed E-state index contributed by atoms with van der Waals surface area (Å²) in [5.41, 5.74) is 0. The van der Waals surface area contributed by atoms with Gasteiger partial charge in [0.1, 0.15) is 0 Å². The summed E-state index contributed by atoms with van der Waals surface area (Å²) in [4.78, 5) is 0. The maximum absolute atomic E-state index is 5.78. The molecule has 1 rings (SSSR count). The smallest absolute Gasteiger partial charge is 0.0639 e. The van der Waals surface area contributed by atoms with Gasteiger partial charge in [0, 0.05) is 32.9 Å². The molecular weight excluding hydrogens is 202 g/mol. The molecule has 1 unspecified atom stereocenters. The number of hydrogen-bond donors (Lipinski definition) is 1. The van der Waals surface area contributed by atoms with Gasteiger partial charge in [0.25, 0.3) is 0 Å². The van der Waals surface area contributed by atoms with E-state index in [2.05, 4.69) is 26.1 Å². The van der Waals surface area contributed by atoms with Crippen molar-refractivity contribution in [2.24, 2.45) is 11.8 Å². The maximum atomic E-state index is 5.78. The van der Waals surface area contributed by atoms with Gasteiger partial charge in [-0.1, -0.05) is 13.8 Å². The Hall–Kier alpha value is -0.120. The predicted molar refractivity (Wildman–Crippen MR) is 66.6 cm³/mol. The van der Waals surface area contributed by atoms with Crippen LogP contribution in [0.4, 0.5) is 0 Å². The minimum atomic E-state index is 0.446. The normalized spacial score (nSPS) is 27.6. The second-order valence-electron chi connectivity index (χ2n) is 5.22. The zero-order valence-electron chi connectivity index (χ0n) is 11.2. The lowest BCUT2D eigenvalue weighted by molar-refractivity contribution is 0.0532. The molecule has 0 aliphatic carbocycles. The average Bonchev–Trinajstić information content (AvgIpc) is 2.71. The van der Waals surface area contributed by atoms with Crippen molar-refractivity contribution in [3.8, 4) is 0 Å². The van der Waals surface area contributed by atoms with Crippen molar-refractivity contribution in [3.05, 3.63) is 0 Å². The Balaban J connectivity index is 2.20. The van der Waals surface area contributed by atoms with Crippen molar-refractivity contribution in [1.29, 1.82) is 0 Å². The largest absolute Gasteiger partial charge is 0.385 e. The van der Waals surface area contributed by atoms with Crippen LogP contribution in [0.3, 0.4) is 0 Å². The molecule has 1 fully saturated rings. The zero-order valence-corrected chi connectivity index (χ0v) is 11.2. The van der Waals surface area contributed by atoms with E-state index in [1.807, 2.05) is 0 Å². The molecular formula is C13H27NO2. The van der Waals surface area contributed by atoms with Crippen LogP contribution in [-0.2, 0) is 9.47 Å². The van der Waals surface area contributed by atoms with Gasteiger partial charge >= 0.3 is 0 Å². The summed E-state index contributed by atoms with van der Waals surface area (Å²) >= 11 is 0. The van der Waals surface area contributed by atoms with Crippen molar-refractivity contribution in [2.75, 3.05) is 26.9 Å². The third-order valence-corrected chi connectivity index (χ3v) is 3.40. The van der Waals surface area contributed by atoms with Crippen molar-refractivity contribution in [3.63, 3.8) is 0 Å². The van der Waals surface area contributed by atoms with Gasteiger partial charge < -0.3 is 14.8 Å². The van der Waals surface area contributed by atoms with Crippen LogP contribution in [0.5, 0.6) is 0 Å². The highest BCUT2D eigenvalue weighted by atomic mass is 16.5. The Morgan fingerprint density at radius 2 is 2.12 bits per heavy atom. The number of nitrogens with one attached hydrogen (secondary N) is 1. The molecule has 3 nitrogen and oxygen atoms in total. The molecule has 3 heteroatoms. The highest BCUT2D eigenvalue weighted by Gasteiger charge is 2.30. The lowest BCUT2D eigenvalue weighted by atomic mass is 9.93. The van der Waals surface area contributed by atoms with Gasteiger partial charge in [-0.2, -0.15) is 0 Å². The lowest BCUT2D eigenvalue weighted by Crippen LogP contribution is -2.36. The quantitative estimate of drug-likeness (QED) is 0.725. The van der Waals surface area contributed by atoms with Gasteiger partial charge in [-0.15, -0.1) is 0 Å². The molecule has 0 aromatic carbocycles. The molecule has 0 aromatic heterocycles. The van der Waals surface area contributed by atoms with Crippen molar-refractivity contribution < 1.29 is 9.47 Å². The fraction of sp³-hybridized carbons (Fsp3) is 1.00. The van der Waals surface area contributed by atoms with Crippen LogP contribution in [0.25, 0.3) is 0 Å². The van der Waals surface area contributed by atoms with E-state index in [1.54, 1.807) is 7.11 Å². The molecule has 1 saturated heterocycles. The first-order valence-electron chi connectivity index (χ1n) is 6.49. The first kappa shape index (κ1) is 13.9. The predicted octanol–water partition coefficient (Wildman–Crippen LogP) is 2.06. The van der Waals surface area contributed by atoms with Crippen LogP contribution in [0.2, 0.25) is 0 Å². The van der Waals surface area contributed by atoms with E-state index in [1.165, 1.54) is 6.42 Å². The molecule has 0 aromatic rings. The molecule has 3 atom stereocenters. The number of hydrogen-bond acceptors (Lipinski definition) is 3. The molecule has 1 aliphatic heterocycles. The Kier molecular flexibility index (Phi) is 6.32. The summed E-state index contributed by atoms with van der Waals surface area (Å²) in [6.07, 6.45) is 2.73. The summed E-state index contributed by atoms with van der Waals surface area (Å²) in [7, 11) is 1.76. The van der Waals surface area contributed by atoms with Crippen LogP contribution in [0, 0.1) is 11.8 Å². The van der Waals surface area contributed by atoms with Crippen LogP contribution >= 0.6 is 0 Å². The van der Waals surface area contributed by atoms with E-state index in [9.17, 15) is 0 Å². The first-order valence-corrected chi connectivity index (χ1v) is 6.49. The third kappa shape index (κ3) is 4.40. The zero-order chi connectivity index (χ0) is 12.0. The highest BCUT2D eigenvalue weighted by Crippen LogP contribution is 2.26. The monoisotopic (exact) mass is 229 g/mol. The van der Waals surface area contributed by atoms with Gasteiger partial charge in [0.15, 0.2) is 0 Å². The van der Waals surface area contributed by atoms with Gasteiger partial charge in [-0.3, -0.25) is 0 Å². The maximum Gasteiger partial charge on any atom is 0.0639 e. The van der Waals surface area contributed by atoms with Crippen LogP contribution in [0.1, 0.15) is 33.6 Å². The minimum absolute atomic E-state index is 0.446. The summed E-state index contributed by atoms with van der Waals surface area (Å²) in [6.45, 7) is 9.56. The minimum Gasteiger partial charge on any atom is -0.385 e. The van der Waals surface area contributed by atoms with Crippen LogP contribution in [0.15, 0.2) is 0 Å². The fourth-order valence-corrected chi connectivity index (χ4v) is 2.36. The Morgan fingerprint density at radius 3 is 2.75 bits per heavy atom. The highest BCUT2D eigenvalue weighted by molar-refractivity contribution is 4.81. The van der Waals surface area contributed by atoms with E-state index >= 15 is 0 Å². The van der Waals surface area contributed by atoms with Crippen molar-refractivity contribution >= 4 is 0 Å². The molecule has 1 N–H and O–H groups in total. The summed E-state index contributed by atoms with van der Waals surface area (Å²) in [6, 6.07) is 0.536. The Labute approximate surface area is 99.9 Å². The molecule has 16 heavy (non-hydrogen) atoms. The standard InChI is InChI=1S/C13H27NO2/c1-10(2)13-12(6-8-16-13)9-14-11(3)5-7-15-4/h10-14H,5-9H2,1-4H3/t11?,12-,13-/m1/s1. The van der Waals surface area contributed by atoms with Crippen molar-refractivity contribution in [2.45, 2.75) is 45.8 Å². The second-order valence-corrected chi connectivity index (χ2v) is 5.22. The summed E-state index contributed by atoms with van der Waals surface area (Å²) < 4.78 is 10.9. The van der Waals surface area contributed by atoms with Gasteiger partial charge in [0.2, 0.25) is 0 Å². The molecule has 0 saturated carbocycles. The molecule has 96 valence electrons.